The Morgan fingerprint density at radius 2 is 1.62 bits per heavy atom. The summed E-state index contributed by atoms with van der Waals surface area (Å²) in [6, 6.07) is 5.04. The first-order chi connectivity index (χ1) is 38.1. The number of likely N-dealkylation sites (N-methyl/N-ethyl adjacent to an activating group) is 2. The minimum atomic E-state index is -1.63. The van der Waals surface area contributed by atoms with Crippen LogP contribution in [0.2, 0.25) is 0 Å². The number of aryl methyl sites for hydroxylation is 2. The number of aromatic nitrogens is 1. The predicted octanol–water partition coefficient (Wildman–Crippen LogP) is 6.84. The van der Waals surface area contributed by atoms with Crippen molar-refractivity contribution in [3.05, 3.63) is 45.7 Å². The summed E-state index contributed by atoms with van der Waals surface area (Å²) in [6.07, 6.45) is -5.20. The molecule has 4 saturated heterocycles. The van der Waals surface area contributed by atoms with E-state index >= 15 is 0 Å². The van der Waals surface area contributed by atoms with Crippen LogP contribution in [-0.2, 0) is 79.4 Å². The van der Waals surface area contributed by atoms with Crippen LogP contribution in [0.5, 0.6) is 0 Å². The van der Waals surface area contributed by atoms with Gasteiger partial charge in [0, 0.05) is 63.7 Å². The van der Waals surface area contributed by atoms with Crippen LogP contribution in [0.4, 0.5) is 4.79 Å². The van der Waals surface area contributed by atoms with E-state index in [1.807, 2.05) is 109 Å². The van der Waals surface area contributed by atoms with Gasteiger partial charge in [-0.1, -0.05) is 26.8 Å². The lowest BCUT2D eigenvalue weighted by Gasteiger charge is -2.49. The molecule has 0 unspecified atom stereocenters. The van der Waals surface area contributed by atoms with Crippen LogP contribution >= 0.6 is 0 Å². The molecule has 21 heteroatoms. The largest absolute Gasteiger partial charge is 0.509 e. The Bertz CT molecular complexity index is 2510. The van der Waals surface area contributed by atoms with E-state index < -0.39 is 114 Å². The van der Waals surface area contributed by atoms with Crippen LogP contribution in [0, 0.1) is 17.8 Å². The Balaban J connectivity index is 1.23. The lowest BCUT2D eigenvalue weighted by molar-refractivity contribution is -0.321. The average molecular weight is 1150 g/mol. The fraction of sp³-hybridized carbons (Fsp3) is 0.783. The van der Waals surface area contributed by atoms with Crippen LogP contribution in [-0.4, -0.2) is 195 Å². The van der Waals surface area contributed by atoms with Gasteiger partial charge >= 0.3 is 24.1 Å². The molecule has 0 radical (unpaired) electrons. The Morgan fingerprint density at radius 1 is 0.901 bits per heavy atom. The molecule has 0 saturated carbocycles. The number of carbonyl (C=O) groups is 4. The van der Waals surface area contributed by atoms with Gasteiger partial charge < -0.3 is 71.4 Å². The number of pyridine rings is 1. The zero-order chi connectivity index (χ0) is 59.9. The number of benzene rings is 1. The van der Waals surface area contributed by atoms with E-state index in [1.54, 1.807) is 41.0 Å². The number of esters is 3. The molecular formula is C60H95N3O18. The van der Waals surface area contributed by atoms with Gasteiger partial charge in [-0.15, -0.1) is 0 Å². The molecule has 18 atom stereocenters. The Kier molecular flexibility index (Phi) is 22.8. The Labute approximate surface area is 479 Å². The van der Waals surface area contributed by atoms with Crippen molar-refractivity contribution in [2.24, 2.45) is 17.8 Å². The third-order valence-corrected chi connectivity index (χ3v) is 17.2. The number of fused-ring (bicyclic) bond motifs is 2. The molecule has 458 valence electrons. The van der Waals surface area contributed by atoms with E-state index in [4.69, 9.17) is 56.8 Å². The summed E-state index contributed by atoms with van der Waals surface area (Å²) in [7, 11) is 7.31. The second kappa shape index (κ2) is 28.1. The summed E-state index contributed by atoms with van der Waals surface area (Å²) in [4.78, 5) is 70.7. The molecule has 1 N–H and O–H groups in total. The van der Waals surface area contributed by atoms with Gasteiger partial charge in [-0.05, 0) is 139 Å². The van der Waals surface area contributed by atoms with Crippen LogP contribution in [0.1, 0.15) is 138 Å². The lowest BCUT2D eigenvalue weighted by atomic mass is 9.77. The summed E-state index contributed by atoms with van der Waals surface area (Å²) in [5.74, 6) is -3.85. The highest BCUT2D eigenvalue weighted by molar-refractivity contribution is 5.94. The van der Waals surface area contributed by atoms with Gasteiger partial charge in [-0.2, -0.15) is 0 Å². The molecule has 6 rings (SSSR count). The molecule has 0 spiro atoms. The fourth-order valence-electron chi connectivity index (χ4n) is 12.9. The van der Waals surface area contributed by atoms with Crippen molar-refractivity contribution in [2.45, 2.75) is 225 Å². The molecule has 4 fully saturated rings. The van der Waals surface area contributed by atoms with Crippen molar-refractivity contribution in [3.8, 4) is 0 Å². The average Bonchev–Trinajstić information content (AvgIpc) is 3.90. The molecular weight excluding hydrogens is 1050 g/mol. The monoisotopic (exact) mass is 1150 g/mol. The molecule has 21 nitrogen and oxygen atoms in total. The summed E-state index contributed by atoms with van der Waals surface area (Å²) >= 11 is 0. The maximum Gasteiger partial charge on any atom is 0.509 e. The molecule has 0 aliphatic carbocycles. The molecule has 1 aromatic heterocycles. The minimum Gasteiger partial charge on any atom is -0.462 e. The number of nitrogens with zero attached hydrogens (tertiary/aromatic N) is 3. The van der Waals surface area contributed by atoms with E-state index in [2.05, 4.69) is 0 Å². The summed E-state index contributed by atoms with van der Waals surface area (Å²) in [6.45, 7) is 25.6. The SMILES string of the molecule is CCOC(=O)c1cn(CC)c2ccc(CCCOCCO[C@H]3[C@H](C)O[C@@H](O[C@H]4[C@H](C)[C@@H](O[C@@H]5O[C@H](C)C[C@H](N(C)C)[C@H]5OC(C)=O)[C@](C)(O)C[C@@H](C)CN(C)[C@H](C)[C@H]5OC(=O)O[C@]5(C)[C@@H](CC)OC(=O)[C@@H]4C)C[C@@]3(C)OC)cc2c1=O. The minimum absolute atomic E-state index is 0.0129. The van der Waals surface area contributed by atoms with E-state index in [0.717, 1.165) is 11.1 Å². The first-order valence-electron chi connectivity index (χ1n) is 29.2. The zero-order valence-electron chi connectivity index (χ0n) is 51.2. The number of carbonyl (C=O) groups excluding carboxylic acids is 4. The fourth-order valence-corrected chi connectivity index (χ4v) is 12.9. The predicted molar refractivity (Wildman–Crippen MR) is 300 cm³/mol. The molecule has 2 aromatic rings. The quantitative estimate of drug-likeness (QED) is 0.0863. The number of methoxy groups -OCH3 is 1. The molecule has 4 aliphatic heterocycles. The lowest BCUT2D eigenvalue weighted by Crippen LogP contribution is -2.61. The topological polar surface area (TPSA) is 228 Å². The maximum absolute atomic E-state index is 14.9. The second-order valence-corrected chi connectivity index (χ2v) is 23.9. The Hall–Kier alpha value is -4.29. The first-order valence-corrected chi connectivity index (χ1v) is 29.2. The number of ether oxygens (including phenoxy) is 12. The smallest absolute Gasteiger partial charge is 0.462 e. The van der Waals surface area contributed by atoms with Crippen LogP contribution in [0.3, 0.4) is 0 Å². The third kappa shape index (κ3) is 15.3. The number of hydrogen-bond acceptors (Lipinski definition) is 20. The van der Waals surface area contributed by atoms with Crippen molar-refractivity contribution >= 4 is 35.0 Å². The van der Waals surface area contributed by atoms with Gasteiger partial charge in [0.15, 0.2) is 30.4 Å². The summed E-state index contributed by atoms with van der Waals surface area (Å²) in [5.41, 5.74) is -2.62. The number of aliphatic hydroxyl groups is 1. The van der Waals surface area contributed by atoms with Crippen molar-refractivity contribution in [1.82, 2.24) is 14.4 Å². The molecule has 4 aliphatic rings. The van der Waals surface area contributed by atoms with Crippen molar-refractivity contribution in [2.75, 3.05) is 61.2 Å². The van der Waals surface area contributed by atoms with Crippen LogP contribution < -0.4 is 5.43 Å². The van der Waals surface area contributed by atoms with E-state index in [-0.39, 0.29) is 68.1 Å². The molecule has 5 heterocycles. The first kappa shape index (κ1) is 65.9. The van der Waals surface area contributed by atoms with E-state index in [0.29, 0.717) is 44.3 Å². The molecule has 0 bridgehead atoms. The highest BCUT2D eigenvalue weighted by atomic mass is 16.8. The van der Waals surface area contributed by atoms with Crippen molar-refractivity contribution in [3.63, 3.8) is 0 Å². The van der Waals surface area contributed by atoms with Gasteiger partial charge in [0.05, 0.1) is 72.9 Å². The Morgan fingerprint density at radius 3 is 2.26 bits per heavy atom. The van der Waals surface area contributed by atoms with Crippen LogP contribution in [0.25, 0.3) is 10.9 Å². The highest BCUT2D eigenvalue weighted by Gasteiger charge is 2.58. The highest BCUT2D eigenvalue weighted by Crippen LogP contribution is 2.43. The van der Waals surface area contributed by atoms with E-state index in [1.165, 1.54) is 6.92 Å². The molecule has 0 amide bonds. The standard InChI is InChI=1S/C60H95N3O18/c1-18-46-60(13)52(80-57(68)81-60)38(8)62(16)32-34(4)30-58(11,69)51(79-56-50(76-40(10)64)45(61(14)15)28-35(5)74-56)36(6)49(37(7)54(66)77-46)78-47-31-59(12,70-17)53(39(9)75-47)73-27-26-71-25-21-22-41-23-24-44-42(29-41)48(65)43(33-63(44)19-2)55(67)72-20-3/h23-24,29,33-39,45-47,49-53,56,69H,18-22,25-28,30-32H2,1-17H3/t34-,35-,36+,37-,38-,39+,45+,46-,47+,49+,50-,51-,52-,53+,56+,58-,59-,60-/m1/s1. The van der Waals surface area contributed by atoms with Gasteiger partial charge in [-0.25, -0.2) is 9.59 Å². The number of hydrogen-bond donors (Lipinski definition) is 1. The van der Waals surface area contributed by atoms with Gasteiger partial charge in [0.25, 0.3) is 0 Å². The van der Waals surface area contributed by atoms with Gasteiger partial charge in [-0.3, -0.25) is 19.3 Å². The zero-order valence-corrected chi connectivity index (χ0v) is 51.2. The van der Waals surface area contributed by atoms with Crippen molar-refractivity contribution in [1.29, 1.82) is 0 Å². The van der Waals surface area contributed by atoms with Crippen LogP contribution in [0.15, 0.2) is 29.2 Å². The van der Waals surface area contributed by atoms with Crippen molar-refractivity contribution < 1.29 is 81.1 Å². The van der Waals surface area contributed by atoms with Gasteiger partial charge in [0.2, 0.25) is 5.43 Å². The normalized spacial score (nSPS) is 36.5. The molecule has 1 aromatic carbocycles. The van der Waals surface area contributed by atoms with E-state index in [9.17, 15) is 29.1 Å². The number of cyclic esters (lactones) is 1. The maximum atomic E-state index is 14.9. The van der Waals surface area contributed by atoms with Gasteiger partial charge in [0.1, 0.15) is 17.8 Å². The molecule has 81 heavy (non-hydrogen) atoms. The second-order valence-electron chi connectivity index (χ2n) is 23.9. The summed E-state index contributed by atoms with van der Waals surface area (Å²) < 4.78 is 77.3. The number of rotatable bonds is 19. The third-order valence-electron chi connectivity index (χ3n) is 17.2. The summed E-state index contributed by atoms with van der Waals surface area (Å²) in [5, 5.41) is 13.5.